The van der Waals surface area contributed by atoms with Crippen LogP contribution in [0.4, 0.5) is 35.5 Å². The summed E-state index contributed by atoms with van der Waals surface area (Å²) in [5.41, 5.74) is 0.675. The molecule has 15 rings (SSSR count). The number of benzene rings is 4. The monoisotopic (exact) mass is 1680 g/mol. The van der Waals surface area contributed by atoms with Crippen LogP contribution in [0.25, 0.3) is 43.6 Å². The first-order valence-corrected chi connectivity index (χ1v) is 42.2. The van der Waals surface area contributed by atoms with Crippen LogP contribution in [0.1, 0.15) is 217 Å². The summed E-state index contributed by atoms with van der Waals surface area (Å²) in [6.07, 6.45) is 16.2. The minimum atomic E-state index is -2.86. The lowest BCUT2D eigenvalue weighted by molar-refractivity contribution is -0.126. The van der Waals surface area contributed by atoms with Gasteiger partial charge in [0.2, 0.25) is 5.92 Å². The van der Waals surface area contributed by atoms with E-state index in [0.717, 1.165) is 85.4 Å². The van der Waals surface area contributed by atoms with Crippen LogP contribution < -0.4 is 21.3 Å². The molecule has 5 saturated carbocycles. The molecule has 115 heavy (non-hydrogen) atoms. The third-order valence-corrected chi connectivity index (χ3v) is 25.4. The van der Waals surface area contributed by atoms with E-state index in [0.29, 0.717) is 168 Å². The number of alkyl carbamates (subject to hydrolysis) is 1. The van der Waals surface area contributed by atoms with E-state index in [1.165, 1.54) is 0 Å². The predicted octanol–water partition coefficient (Wildman–Crippen LogP) is 20.8. The number of aromatic nitrogens is 4. The van der Waals surface area contributed by atoms with Gasteiger partial charge < -0.3 is 58.9 Å². The molecule has 7 aliphatic rings. The second-order valence-corrected chi connectivity index (χ2v) is 35.8. The van der Waals surface area contributed by atoms with Gasteiger partial charge in [0.25, 0.3) is 23.6 Å². The Labute approximate surface area is 687 Å². The summed E-state index contributed by atoms with van der Waals surface area (Å²) in [5, 5.41) is 27.0. The van der Waals surface area contributed by atoms with Gasteiger partial charge in [-0.05, 0) is 216 Å². The number of ether oxygens (including phenoxy) is 3. The van der Waals surface area contributed by atoms with E-state index in [1.807, 2.05) is 80.8 Å². The first-order valence-electron chi connectivity index (χ1n) is 40.7. The van der Waals surface area contributed by atoms with Gasteiger partial charge in [-0.15, -0.1) is 0 Å². The zero-order valence-electron chi connectivity index (χ0n) is 66.1. The molecular weight excluding hydrogens is 1580 g/mol. The van der Waals surface area contributed by atoms with E-state index < -0.39 is 47.0 Å². The van der Waals surface area contributed by atoms with Crippen LogP contribution in [0.3, 0.4) is 0 Å². The first-order chi connectivity index (χ1) is 54.5. The zero-order chi connectivity index (χ0) is 82.4. The van der Waals surface area contributed by atoms with Crippen LogP contribution in [-0.4, -0.2) is 145 Å². The number of halogens is 11. The van der Waals surface area contributed by atoms with Crippen molar-refractivity contribution < 1.29 is 74.0 Å². The third-order valence-electron chi connectivity index (χ3n) is 24.1. The Morgan fingerprint density at radius 1 is 0.522 bits per heavy atom. The number of nitrogens with one attached hydrogen (secondary N) is 4. The number of cyclic esters (lactones) is 1. The Balaban J connectivity index is 0.000000142. The molecule has 4 aromatic heterocycles. The van der Waals surface area contributed by atoms with Crippen molar-refractivity contribution in [1.82, 2.24) is 39.5 Å². The standard InChI is InChI=1S/C22H26ClF3N2O.C22H26ClF2NO3.C22H30ClFN2O2.C21H25ClFN3O3/c1-21(24)7-5-14(6-8-21)11-27-20(29)16-13-28(12-15-9-22(25,26)10-15)18-4-2-3-17(23)19(16)18;23-17-5-1-6-18-20(17)16(13-26(18)12-15-4-2-11-29-15)19(27)7-10-21(28)8-3-9-22(24,25)14-21;1-15(2)28-12-11-26-14-17(20-18(23)5-4-6-19(20)26)21(27)25-13-16-7-9-22(3,24)10-8-16;1-21(23)7-5-13(6-8-21)9-24-19(27)15-12-26(11-14-10-25-20(28)29-14)17-4-2-3-16(22)18(15)17/h2-4,13-15H,5-12H2,1H3,(H,27,29);1,5-6,13,15,28H,2-4,7-12,14H2;4-6,14-16H,7-13H2,1-3H3,(H,25,27);2-4,12-14H,5-11H2,1H3,(H,24,27)(H,25,28)/t;15-,21-;;13?,14-,21?/m.0.1/s1. The number of nitrogens with zero attached hydrogens (tertiary/aromatic N) is 4. The lowest BCUT2D eigenvalue weighted by atomic mass is 9.79. The average molecular weight is 1680 g/mol. The fourth-order valence-corrected chi connectivity index (χ4v) is 18.5. The Morgan fingerprint density at radius 2 is 0.922 bits per heavy atom. The van der Waals surface area contributed by atoms with Crippen LogP contribution in [-0.2, 0) is 40.4 Å². The van der Waals surface area contributed by atoms with Gasteiger partial charge in [0.15, 0.2) is 5.78 Å². The minimum Gasteiger partial charge on any atom is -0.442 e. The molecule has 0 spiro atoms. The zero-order valence-corrected chi connectivity index (χ0v) is 69.1. The van der Waals surface area contributed by atoms with Crippen LogP contribution in [0.5, 0.6) is 0 Å². The molecular formula is C87H107Cl4F7N8O9. The van der Waals surface area contributed by atoms with Crippen molar-refractivity contribution in [2.45, 2.75) is 255 Å². The van der Waals surface area contributed by atoms with E-state index in [-0.39, 0.29) is 98.1 Å². The Hall–Kier alpha value is -7.06. The normalized spacial score (nSPS) is 25.9. The SMILES string of the molecule is CC(C)OCCn1cc(C(=O)NCC2CCC(C)(F)CC2)c2c(Cl)cccc21.CC1(F)CCC(CNC(=O)c2cn(CC3CC(F)(F)C3)c3cccc(Cl)c23)CC1.CC1(F)CCC(CNC(=O)c2cn(C[C@H]3CNC(=O)O3)c3cccc(Cl)c23)CC1.O=C(CC[C@@]1(O)CCCC(F)(F)C1)c1cn(C[C@@H]2CCCO2)c2cccc(Cl)c12. The predicted molar refractivity (Wildman–Crippen MR) is 437 cm³/mol. The number of carbonyl (C=O) groups is 5. The van der Waals surface area contributed by atoms with Crippen molar-refractivity contribution in [2.75, 3.05) is 39.4 Å². The fraction of sp³-hybridized carbons (Fsp3) is 0.575. The largest absolute Gasteiger partial charge is 0.442 e. The van der Waals surface area contributed by atoms with E-state index >= 15 is 0 Å². The Bertz CT molecular complexity index is 4750. The van der Waals surface area contributed by atoms with Gasteiger partial charge in [-0.25, -0.2) is 35.5 Å². The van der Waals surface area contributed by atoms with Crippen molar-refractivity contribution in [3.05, 3.63) is 140 Å². The van der Waals surface area contributed by atoms with Gasteiger partial charge in [-0.3, -0.25) is 19.2 Å². The number of hydrogen-bond acceptors (Lipinski definition) is 9. The molecule has 0 radical (unpaired) electrons. The molecule has 7 fully saturated rings. The van der Waals surface area contributed by atoms with Gasteiger partial charge >= 0.3 is 6.09 Å². The van der Waals surface area contributed by atoms with Crippen LogP contribution in [0, 0.1) is 23.7 Å². The Morgan fingerprint density at radius 3 is 1.31 bits per heavy atom. The molecule has 626 valence electrons. The van der Waals surface area contributed by atoms with Gasteiger partial charge in [-0.1, -0.05) is 70.7 Å². The van der Waals surface area contributed by atoms with Crippen molar-refractivity contribution in [3.8, 4) is 0 Å². The highest BCUT2D eigenvalue weighted by atomic mass is 35.5. The van der Waals surface area contributed by atoms with Crippen molar-refractivity contribution in [2.24, 2.45) is 23.7 Å². The number of alkyl halides is 7. The Kier molecular flexibility index (Phi) is 28.1. The maximum Gasteiger partial charge on any atom is 0.407 e. The highest BCUT2D eigenvalue weighted by Crippen LogP contribution is 2.46. The molecule has 4 amide bonds. The van der Waals surface area contributed by atoms with Gasteiger partial charge in [0.05, 0.1) is 96.4 Å². The minimum absolute atomic E-state index is 0.0108. The number of rotatable bonds is 23. The van der Waals surface area contributed by atoms with Crippen LogP contribution in [0.2, 0.25) is 20.1 Å². The van der Waals surface area contributed by atoms with Crippen molar-refractivity contribution >= 4 is 120 Å². The van der Waals surface area contributed by atoms with E-state index in [2.05, 4.69) is 21.3 Å². The third kappa shape index (κ3) is 22.7. The molecule has 5 aliphatic carbocycles. The number of carbonyl (C=O) groups excluding carboxylic acids is 5. The van der Waals surface area contributed by atoms with E-state index in [4.69, 9.17) is 60.6 Å². The second kappa shape index (κ2) is 37.1. The smallest absolute Gasteiger partial charge is 0.407 e. The van der Waals surface area contributed by atoms with E-state index in [1.54, 1.807) is 69.7 Å². The summed E-state index contributed by atoms with van der Waals surface area (Å²) in [7, 11) is 0. The highest BCUT2D eigenvalue weighted by molar-refractivity contribution is 6.38. The fourth-order valence-electron chi connectivity index (χ4n) is 17.4. The summed E-state index contributed by atoms with van der Waals surface area (Å²) in [4.78, 5) is 63.0. The first kappa shape index (κ1) is 87.3. The number of aliphatic hydroxyl groups is 1. The summed E-state index contributed by atoms with van der Waals surface area (Å²) in [5.74, 6) is -5.39. The molecule has 5 N–H and O–H groups in total. The second-order valence-electron chi connectivity index (χ2n) is 34.2. The maximum absolute atomic E-state index is 14.0. The number of Topliss-reactive ketones (excluding diaryl/α,β-unsaturated/α-hetero) is 1. The molecule has 17 nitrogen and oxygen atoms in total. The molecule has 3 atom stereocenters. The maximum atomic E-state index is 14.0. The van der Waals surface area contributed by atoms with Gasteiger partial charge in [0.1, 0.15) is 23.1 Å². The summed E-state index contributed by atoms with van der Waals surface area (Å²) >= 11 is 25.6. The topological polar surface area (TPSA) is 201 Å². The van der Waals surface area contributed by atoms with E-state index in [9.17, 15) is 59.8 Å². The number of amides is 4. The quantitative estimate of drug-likeness (QED) is 0.0305. The molecule has 8 aromatic rings. The highest BCUT2D eigenvalue weighted by Gasteiger charge is 2.47. The van der Waals surface area contributed by atoms with Crippen molar-refractivity contribution in [3.63, 3.8) is 0 Å². The molecule has 4 aromatic carbocycles. The summed E-state index contributed by atoms with van der Waals surface area (Å²) < 4.78 is 120. The van der Waals surface area contributed by atoms with Gasteiger partial charge in [-0.2, -0.15) is 0 Å². The molecule has 2 saturated heterocycles. The average Bonchev–Trinajstić information content (AvgIpc) is 1.64. The van der Waals surface area contributed by atoms with Gasteiger partial charge in [0, 0.05) is 130 Å². The molecule has 2 aliphatic heterocycles. The molecule has 6 heterocycles. The molecule has 0 bridgehead atoms. The van der Waals surface area contributed by atoms with Crippen molar-refractivity contribution in [1.29, 1.82) is 0 Å². The molecule has 28 heteroatoms. The number of hydrogen-bond donors (Lipinski definition) is 5. The van der Waals surface area contributed by atoms with Crippen LogP contribution >= 0.6 is 46.4 Å². The van der Waals surface area contributed by atoms with Crippen LogP contribution in [0.15, 0.2) is 97.6 Å². The lowest BCUT2D eigenvalue weighted by Crippen LogP contribution is -2.41. The molecule has 0 unspecified atom stereocenters. The number of fused-ring (bicyclic) bond motifs is 4. The summed E-state index contributed by atoms with van der Waals surface area (Å²) in [6.45, 7) is 14.5. The lowest BCUT2D eigenvalue weighted by Gasteiger charge is -2.36. The summed E-state index contributed by atoms with van der Waals surface area (Å²) in [6, 6.07) is 22.0. The number of ketones is 1.